The normalized spacial score (nSPS) is 38.2. The van der Waals surface area contributed by atoms with Crippen LogP contribution in [0.2, 0.25) is 0 Å². The van der Waals surface area contributed by atoms with Gasteiger partial charge in [0.25, 0.3) is 0 Å². The number of aliphatic hydroxyl groups excluding tert-OH is 2. The van der Waals surface area contributed by atoms with Crippen LogP contribution in [-0.2, 0) is 9.59 Å². The fourth-order valence-electron chi connectivity index (χ4n) is 3.26. The molecule has 2 aliphatic carbocycles. The smallest absolute Gasteiger partial charge is 0.207 e. The highest BCUT2D eigenvalue weighted by Crippen LogP contribution is 2.24. The molecular formula is C16H30N2O4. The van der Waals surface area contributed by atoms with E-state index in [0.717, 1.165) is 51.3 Å². The van der Waals surface area contributed by atoms with E-state index in [1.807, 2.05) is 13.8 Å². The number of carbonyl (C=O) groups is 2. The summed E-state index contributed by atoms with van der Waals surface area (Å²) in [7, 11) is 0. The molecule has 0 radical (unpaired) electrons. The van der Waals surface area contributed by atoms with Gasteiger partial charge >= 0.3 is 0 Å². The van der Waals surface area contributed by atoms with Gasteiger partial charge in [0.15, 0.2) is 0 Å². The Labute approximate surface area is 132 Å². The summed E-state index contributed by atoms with van der Waals surface area (Å²) >= 11 is 0. The largest absolute Gasteiger partial charge is 0.393 e. The predicted molar refractivity (Wildman–Crippen MR) is 84.0 cm³/mol. The lowest BCUT2D eigenvalue weighted by atomic mass is 9.85. The zero-order valence-electron chi connectivity index (χ0n) is 13.6. The molecule has 0 aromatic heterocycles. The number of aliphatic hydroxyl groups is 2. The van der Waals surface area contributed by atoms with Crippen molar-refractivity contribution in [2.75, 3.05) is 0 Å². The van der Waals surface area contributed by atoms with Crippen LogP contribution in [0, 0.1) is 11.8 Å². The highest BCUT2D eigenvalue weighted by molar-refractivity contribution is 5.46. The van der Waals surface area contributed by atoms with Gasteiger partial charge in [-0.05, 0) is 50.4 Å². The molecule has 2 saturated carbocycles. The number of hydrogen-bond donors (Lipinski definition) is 4. The molecule has 2 rings (SSSR count). The lowest BCUT2D eigenvalue weighted by Gasteiger charge is -2.30. The monoisotopic (exact) mass is 314 g/mol. The molecule has 6 nitrogen and oxygen atoms in total. The third-order valence-electron chi connectivity index (χ3n) is 4.86. The molecule has 6 heteroatoms. The zero-order chi connectivity index (χ0) is 16.5. The Morgan fingerprint density at radius 1 is 0.773 bits per heavy atom. The van der Waals surface area contributed by atoms with Crippen LogP contribution in [0.3, 0.4) is 0 Å². The Balaban J connectivity index is 0.000000220. The van der Waals surface area contributed by atoms with Gasteiger partial charge in [-0.1, -0.05) is 13.8 Å². The molecule has 4 N–H and O–H groups in total. The van der Waals surface area contributed by atoms with Crippen molar-refractivity contribution < 1.29 is 19.8 Å². The summed E-state index contributed by atoms with van der Waals surface area (Å²) in [5, 5.41) is 24.2. The molecule has 22 heavy (non-hydrogen) atoms. The maximum absolute atomic E-state index is 10.1. The first-order chi connectivity index (χ1) is 10.5. The van der Waals surface area contributed by atoms with Crippen molar-refractivity contribution in [1.29, 1.82) is 0 Å². The molecule has 2 aliphatic rings. The predicted octanol–water partition coefficient (Wildman–Crippen LogP) is 0.564. The third-order valence-corrected chi connectivity index (χ3v) is 4.86. The van der Waals surface area contributed by atoms with Crippen molar-refractivity contribution in [2.45, 2.75) is 76.7 Å². The minimum absolute atomic E-state index is 0.167. The Kier molecular flexibility index (Phi) is 8.42. The van der Waals surface area contributed by atoms with Crippen molar-refractivity contribution >= 4 is 12.8 Å². The van der Waals surface area contributed by atoms with E-state index in [0.29, 0.717) is 11.8 Å². The number of carbonyl (C=O) groups excluding carboxylic acids is 2. The Bertz CT molecular complexity index is 308. The highest BCUT2D eigenvalue weighted by atomic mass is 16.3. The summed E-state index contributed by atoms with van der Waals surface area (Å²) in [4.78, 5) is 20.2. The van der Waals surface area contributed by atoms with Crippen LogP contribution >= 0.6 is 0 Å². The SMILES string of the molecule is C[C@@H]1C[C@@H](NC=O)CC[C@H]1O.C[C@H]1C[C@H](NC=O)CC[C@@H]1O. The van der Waals surface area contributed by atoms with E-state index in [-0.39, 0.29) is 24.3 Å². The van der Waals surface area contributed by atoms with Gasteiger partial charge in [0.2, 0.25) is 12.8 Å². The quantitative estimate of drug-likeness (QED) is 0.570. The molecule has 0 aliphatic heterocycles. The molecule has 0 aromatic rings. The molecule has 6 atom stereocenters. The summed E-state index contributed by atoms with van der Waals surface area (Å²) in [5.74, 6) is 0.641. The van der Waals surface area contributed by atoms with Gasteiger partial charge in [-0.3, -0.25) is 9.59 Å². The number of amides is 2. The molecule has 2 fully saturated rings. The zero-order valence-corrected chi connectivity index (χ0v) is 13.6. The van der Waals surface area contributed by atoms with Gasteiger partial charge in [0.05, 0.1) is 12.2 Å². The first-order valence-electron chi connectivity index (χ1n) is 8.23. The third kappa shape index (κ3) is 6.32. The van der Waals surface area contributed by atoms with Crippen molar-refractivity contribution in [1.82, 2.24) is 10.6 Å². The Hall–Kier alpha value is -1.14. The maximum atomic E-state index is 10.1. The van der Waals surface area contributed by atoms with E-state index in [1.165, 1.54) is 0 Å². The lowest BCUT2D eigenvalue weighted by molar-refractivity contribution is -0.111. The van der Waals surface area contributed by atoms with Gasteiger partial charge in [-0.2, -0.15) is 0 Å². The van der Waals surface area contributed by atoms with Gasteiger partial charge in [0.1, 0.15) is 0 Å². The van der Waals surface area contributed by atoms with Gasteiger partial charge in [0, 0.05) is 12.1 Å². The lowest BCUT2D eigenvalue weighted by Crippen LogP contribution is -2.38. The topological polar surface area (TPSA) is 98.7 Å². The summed E-state index contributed by atoms with van der Waals surface area (Å²) < 4.78 is 0. The molecule has 128 valence electrons. The van der Waals surface area contributed by atoms with Crippen LogP contribution in [-0.4, -0.2) is 47.3 Å². The minimum atomic E-state index is -0.167. The fourth-order valence-corrected chi connectivity index (χ4v) is 3.26. The molecule has 0 unspecified atom stereocenters. The van der Waals surface area contributed by atoms with Crippen molar-refractivity contribution in [2.24, 2.45) is 11.8 Å². The number of nitrogens with one attached hydrogen (secondary N) is 2. The summed E-state index contributed by atoms with van der Waals surface area (Å²) in [6.45, 7) is 4.03. The summed E-state index contributed by atoms with van der Waals surface area (Å²) in [6.07, 6.45) is 6.40. The minimum Gasteiger partial charge on any atom is -0.393 e. The average Bonchev–Trinajstić information content (AvgIpc) is 2.48. The van der Waals surface area contributed by atoms with Crippen LogP contribution in [0.15, 0.2) is 0 Å². The van der Waals surface area contributed by atoms with Crippen LogP contribution in [0.4, 0.5) is 0 Å². The van der Waals surface area contributed by atoms with E-state index in [2.05, 4.69) is 10.6 Å². The van der Waals surface area contributed by atoms with Gasteiger partial charge in [-0.15, -0.1) is 0 Å². The number of rotatable bonds is 4. The second-order valence-electron chi connectivity index (χ2n) is 6.68. The van der Waals surface area contributed by atoms with Crippen LogP contribution < -0.4 is 10.6 Å². The molecule has 0 aromatic carbocycles. The fraction of sp³-hybridized carbons (Fsp3) is 0.875. The molecule has 2 amide bonds. The highest BCUT2D eigenvalue weighted by Gasteiger charge is 2.25. The van der Waals surface area contributed by atoms with Gasteiger partial charge < -0.3 is 20.8 Å². The van der Waals surface area contributed by atoms with Crippen LogP contribution in [0.1, 0.15) is 52.4 Å². The Morgan fingerprint density at radius 2 is 1.14 bits per heavy atom. The van der Waals surface area contributed by atoms with Crippen molar-refractivity contribution in [3.05, 3.63) is 0 Å². The molecule has 0 spiro atoms. The number of hydrogen-bond acceptors (Lipinski definition) is 4. The average molecular weight is 314 g/mol. The van der Waals surface area contributed by atoms with Gasteiger partial charge in [-0.25, -0.2) is 0 Å². The van der Waals surface area contributed by atoms with E-state index in [1.54, 1.807) is 0 Å². The molecule has 0 heterocycles. The first-order valence-corrected chi connectivity index (χ1v) is 8.23. The van der Waals surface area contributed by atoms with E-state index in [4.69, 9.17) is 0 Å². The molecule has 0 bridgehead atoms. The van der Waals surface area contributed by atoms with E-state index in [9.17, 15) is 19.8 Å². The summed E-state index contributed by atoms with van der Waals surface area (Å²) in [5.41, 5.74) is 0. The first kappa shape index (κ1) is 18.9. The van der Waals surface area contributed by atoms with Crippen molar-refractivity contribution in [3.63, 3.8) is 0 Å². The summed E-state index contributed by atoms with van der Waals surface area (Å²) in [6, 6.07) is 0.566. The van der Waals surface area contributed by atoms with E-state index < -0.39 is 0 Å². The Morgan fingerprint density at radius 3 is 1.41 bits per heavy atom. The molecular weight excluding hydrogens is 284 g/mol. The standard InChI is InChI=1S/2C8H15NO2/c2*1-6-4-7(9-5-10)2-3-8(6)11/h2*5-8,11H,2-4H2,1H3,(H,9,10)/t2*6-,7+,8-/m10/s1. The second kappa shape index (κ2) is 9.79. The second-order valence-corrected chi connectivity index (χ2v) is 6.68. The van der Waals surface area contributed by atoms with Crippen LogP contribution in [0.5, 0.6) is 0 Å². The van der Waals surface area contributed by atoms with Crippen LogP contribution in [0.25, 0.3) is 0 Å². The molecule has 0 saturated heterocycles. The maximum Gasteiger partial charge on any atom is 0.207 e. The van der Waals surface area contributed by atoms with E-state index >= 15 is 0 Å². The van der Waals surface area contributed by atoms with Crippen molar-refractivity contribution in [3.8, 4) is 0 Å².